The molecule has 7 nitrogen and oxygen atoms in total. The van der Waals surface area contributed by atoms with Gasteiger partial charge in [0.05, 0.1) is 12.6 Å². The summed E-state index contributed by atoms with van der Waals surface area (Å²) in [4.78, 5) is 18.7. The number of nitrogens with zero attached hydrogens (tertiary/aromatic N) is 5. The van der Waals surface area contributed by atoms with Gasteiger partial charge in [0, 0.05) is 26.8 Å². The van der Waals surface area contributed by atoms with Crippen molar-refractivity contribution in [2.24, 2.45) is 14.1 Å². The zero-order chi connectivity index (χ0) is 16.4. The predicted octanol–water partition coefficient (Wildman–Crippen LogP) is 1.24. The molecule has 2 aromatic rings. The summed E-state index contributed by atoms with van der Waals surface area (Å²) >= 11 is 0. The number of likely N-dealkylation sites (tertiary alicyclic amines) is 1. The van der Waals surface area contributed by atoms with Gasteiger partial charge in [-0.05, 0) is 31.5 Å². The second-order valence-electron chi connectivity index (χ2n) is 6.06. The van der Waals surface area contributed by atoms with E-state index >= 15 is 0 Å². The molecule has 1 aliphatic rings. The van der Waals surface area contributed by atoms with Crippen LogP contribution in [0.1, 0.15) is 47.3 Å². The van der Waals surface area contributed by atoms with E-state index in [-0.39, 0.29) is 5.91 Å². The molecule has 1 amide bonds. The van der Waals surface area contributed by atoms with Crippen molar-refractivity contribution >= 4 is 5.91 Å². The van der Waals surface area contributed by atoms with E-state index in [4.69, 9.17) is 0 Å². The van der Waals surface area contributed by atoms with Crippen LogP contribution in [0.25, 0.3) is 0 Å². The highest BCUT2D eigenvalue weighted by Gasteiger charge is 2.28. The van der Waals surface area contributed by atoms with Gasteiger partial charge >= 0.3 is 0 Å². The van der Waals surface area contributed by atoms with E-state index in [9.17, 15) is 4.79 Å². The highest BCUT2D eigenvalue weighted by molar-refractivity contribution is 5.92. The third-order valence-corrected chi connectivity index (χ3v) is 4.73. The molecule has 0 spiro atoms. The molecular formula is C16H24N6O. The summed E-state index contributed by atoms with van der Waals surface area (Å²) in [5.74, 6) is 0.923. The number of aromatic nitrogens is 4. The highest BCUT2D eigenvalue weighted by Crippen LogP contribution is 2.32. The molecule has 0 radical (unpaired) electrons. The molecule has 3 heterocycles. The van der Waals surface area contributed by atoms with Crippen LogP contribution >= 0.6 is 0 Å². The Hall–Kier alpha value is -2.15. The minimum Gasteiger partial charge on any atom is -0.354 e. The zero-order valence-corrected chi connectivity index (χ0v) is 14.0. The van der Waals surface area contributed by atoms with Gasteiger partial charge in [-0.25, -0.2) is 4.98 Å². The highest BCUT2D eigenvalue weighted by atomic mass is 16.1. The first-order valence-corrected chi connectivity index (χ1v) is 8.06. The summed E-state index contributed by atoms with van der Waals surface area (Å²) in [5.41, 5.74) is 1.89. The Labute approximate surface area is 136 Å². The minimum atomic E-state index is -0.0468. The summed E-state index contributed by atoms with van der Waals surface area (Å²) in [5, 5.41) is 6.86. The normalized spacial score (nSPS) is 19.0. The van der Waals surface area contributed by atoms with E-state index in [2.05, 4.69) is 26.4 Å². The van der Waals surface area contributed by atoms with E-state index in [1.165, 1.54) is 18.5 Å². The third kappa shape index (κ3) is 3.01. The van der Waals surface area contributed by atoms with Crippen molar-refractivity contribution < 1.29 is 4.79 Å². The first-order valence-electron chi connectivity index (χ1n) is 8.06. The molecular weight excluding hydrogens is 292 g/mol. The number of aryl methyl sites for hydroxylation is 1. The Morgan fingerprint density at radius 3 is 2.87 bits per heavy atom. The van der Waals surface area contributed by atoms with Gasteiger partial charge in [-0.3, -0.25) is 14.4 Å². The standard InChI is InChI=1S/C16H24N6O/c1-17-16(23)14-8-7-12(20(14)2)13-6-4-5-9-22(13)10-15-18-11-19-21(15)3/h7-8,11,13H,4-6,9-10H2,1-3H3,(H,17,23). The molecule has 1 saturated heterocycles. The summed E-state index contributed by atoms with van der Waals surface area (Å²) in [7, 11) is 5.55. The van der Waals surface area contributed by atoms with Crippen molar-refractivity contribution in [3.05, 3.63) is 35.7 Å². The van der Waals surface area contributed by atoms with Crippen LogP contribution < -0.4 is 5.32 Å². The molecule has 2 aromatic heterocycles. The monoisotopic (exact) mass is 316 g/mol. The van der Waals surface area contributed by atoms with Crippen LogP contribution in [0.2, 0.25) is 0 Å². The molecule has 0 bridgehead atoms. The van der Waals surface area contributed by atoms with Crippen LogP contribution in [0.4, 0.5) is 0 Å². The van der Waals surface area contributed by atoms with Crippen molar-refractivity contribution in [3.63, 3.8) is 0 Å². The smallest absolute Gasteiger partial charge is 0.267 e. The molecule has 0 aliphatic carbocycles. The van der Waals surface area contributed by atoms with Gasteiger partial charge in [0.25, 0.3) is 5.91 Å². The van der Waals surface area contributed by atoms with E-state index in [1.807, 2.05) is 29.4 Å². The SMILES string of the molecule is CNC(=O)c1ccc(C2CCCCN2Cc2ncnn2C)n1C. The molecule has 0 aromatic carbocycles. The van der Waals surface area contributed by atoms with Gasteiger partial charge in [-0.2, -0.15) is 5.10 Å². The van der Waals surface area contributed by atoms with Crippen LogP contribution in [0.5, 0.6) is 0 Å². The molecule has 0 saturated carbocycles. The van der Waals surface area contributed by atoms with Crippen LogP contribution in [0, 0.1) is 0 Å². The number of hydrogen-bond donors (Lipinski definition) is 1. The van der Waals surface area contributed by atoms with Crippen LogP contribution in [0.3, 0.4) is 0 Å². The Morgan fingerprint density at radius 2 is 2.17 bits per heavy atom. The quantitative estimate of drug-likeness (QED) is 0.921. The number of rotatable bonds is 4. The molecule has 23 heavy (non-hydrogen) atoms. The van der Waals surface area contributed by atoms with Gasteiger partial charge in [0.15, 0.2) is 0 Å². The van der Waals surface area contributed by atoms with Crippen LogP contribution in [-0.2, 0) is 20.6 Å². The number of nitrogens with one attached hydrogen (secondary N) is 1. The van der Waals surface area contributed by atoms with Crippen molar-refractivity contribution in [1.82, 2.24) is 29.5 Å². The van der Waals surface area contributed by atoms with Crippen molar-refractivity contribution in [1.29, 1.82) is 0 Å². The summed E-state index contributed by atoms with van der Waals surface area (Å²) in [6.45, 7) is 1.82. The van der Waals surface area contributed by atoms with Gasteiger partial charge in [0.2, 0.25) is 0 Å². The fourth-order valence-corrected chi connectivity index (χ4v) is 3.38. The lowest BCUT2D eigenvalue weighted by Gasteiger charge is -2.35. The van der Waals surface area contributed by atoms with Gasteiger partial charge in [0.1, 0.15) is 17.8 Å². The number of amides is 1. The topological polar surface area (TPSA) is 68.0 Å². The molecule has 124 valence electrons. The van der Waals surface area contributed by atoms with Crippen molar-refractivity contribution in [2.45, 2.75) is 31.8 Å². The Balaban J connectivity index is 1.85. The van der Waals surface area contributed by atoms with Gasteiger partial charge < -0.3 is 9.88 Å². The molecule has 1 unspecified atom stereocenters. The average molecular weight is 316 g/mol. The first-order chi connectivity index (χ1) is 11.1. The minimum absolute atomic E-state index is 0.0468. The predicted molar refractivity (Wildman–Crippen MR) is 86.8 cm³/mol. The van der Waals surface area contributed by atoms with Crippen LogP contribution in [0.15, 0.2) is 18.5 Å². The lowest BCUT2D eigenvalue weighted by Crippen LogP contribution is -2.35. The number of carbonyl (C=O) groups excluding carboxylic acids is 1. The summed E-state index contributed by atoms with van der Waals surface area (Å²) in [6.07, 6.45) is 5.10. The maximum atomic E-state index is 11.9. The second kappa shape index (κ2) is 6.54. The third-order valence-electron chi connectivity index (χ3n) is 4.73. The molecule has 3 rings (SSSR count). The van der Waals surface area contributed by atoms with E-state index in [1.54, 1.807) is 13.4 Å². The Bertz CT molecular complexity index is 689. The average Bonchev–Trinajstić information content (AvgIpc) is 3.14. The lowest BCUT2D eigenvalue weighted by atomic mass is 9.99. The largest absolute Gasteiger partial charge is 0.354 e. The van der Waals surface area contributed by atoms with E-state index in [0.717, 1.165) is 25.3 Å². The van der Waals surface area contributed by atoms with Crippen molar-refractivity contribution in [3.8, 4) is 0 Å². The first kappa shape index (κ1) is 15.7. The summed E-state index contributed by atoms with van der Waals surface area (Å²) in [6, 6.07) is 4.29. The zero-order valence-electron chi connectivity index (χ0n) is 14.0. The molecule has 1 aliphatic heterocycles. The Kier molecular flexibility index (Phi) is 4.47. The maximum Gasteiger partial charge on any atom is 0.267 e. The molecule has 1 atom stereocenters. The molecule has 1 N–H and O–H groups in total. The maximum absolute atomic E-state index is 11.9. The fourth-order valence-electron chi connectivity index (χ4n) is 3.38. The molecule has 7 heteroatoms. The van der Waals surface area contributed by atoms with E-state index < -0.39 is 0 Å². The van der Waals surface area contributed by atoms with Gasteiger partial charge in [-0.1, -0.05) is 6.42 Å². The number of piperidine rings is 1. The fraction of sp³-hybridized carbons (Fsp3) is 0.562. The second-order valence-corrected chi connectivity index (χ2v) is 6.06. The molecule has 1 fully saturated rings. The Morgan fingerprint density at radius 1 is 1.35 bits per heavy atom. The number of carbonyl (C=O) groups is 1. The van der Waals surface area contributed by atoms with E-state index in [0.29, 0.717) is 11.7 Å². The number of hydrogen-bond acceptors (Lipinski definition) is 4. The van der Waals surface area contributed by atoms with Crippen LogP contribution in [-0.4, -0.2) is 43.7 Å². The van der Waals surface area contributed by atoms with Crippen molar-refractivity contribution in [2.75, 3.05) is 13.6 Å². The van der Waals surface area contributed by atoms with Gasteiger partial charge in [-0.15, -0.1) is 0 Å². The summed E-state index contributed by atoms with van der Waals surface area (Å²) < 4.78 is 3.84. The lowest BCUT2D eigenvalue weighted by molar-refractivity contribution is 0.0952.